The van der Waals surface area contributed by atoms with Crippen LogP contribution < -0.4 is 10.6 Å². The molecule has 2 rings (SSSR count). The Morgan fingerprint density at radius 1 is 1.05 bits per heavy atom. The molecule has 0 aliphatic carbocycles. The van der Waals surface area contributed by atoms with Gasteiger partial charge >= 0.3 is 0 Å². The van der Waals surface area contributed by atoms with Crippen LogP contribution in [-0.2, 0) is 5.60 Å². The van der Waals surface area contributed by atoms with Crippen molar-refractivity contribution >= 4 is 5.69 Å². The van der Waals surface area contributed by atoms with Crippen LogP contribution in [0, 0.1) is 6.92 Å². The monoisotopic (exact) mass is 284 g/mol. The van der Waals surface area contributed by atoms with Crippen LogP contribution in [0.1, 0.15) is 18.1 Å². The minimum absolute atomic E-state index is 0.194. The predicted octanol–water partition coefficient (Wildman–Crippen LogP) is 2.67. The maximum absolute atomic E-state index is 10.9. The van der Waals surface area contributed by atoms with E-state index in [4.69, 9.17) is 5.73 Å². The third-order valence-corrected chi connectivity index (χ3v) is 3.88. The van der Waals surface area contributed by atoms with Gasteiger partial charge in [-0.25, -0.2) is 0 Å². The van der Waals surface area contributed by atoms with Crippen molar-refractivity contribution in [2.75, 3.05) is 24.5 Å². The molecular formula is C18H24N2O. The summed E-state index contributed by atoms with van der Waals surface area (Å²) in [5.74, 6) is 0. The second-order valence-electron chi connectivity index (χ2n) is 5.45. The molecule has 0 aromatic heterocycles. The van der Waals surface area contributed by atoms with Crippen molar-refractivity contribution in [1.29, 1.82) is 0 Å². The molecule has 2 aromatic rings. The maximum atomic E-state index is 10.9. The van der Waals surface area contributed by atoms with Crippen LogP contribution in [0.4, 0.5) is 5.69 Å². The van der Waals surface area contributed by atoms with Gasteiger partial charge in [0.1, 0.15) is 5.60 Å². The van der Waals surface area contributed by atoms with E-state index >= 15 is 0 Å². The van der Waals surface area contributed by atoms with Crippen LogP contribution in [0.2, 0.25) is 0 Å². The fourth-order valence-corrected chi connectivity index (χ4v) is 2.48. The van der Waals surface area contributed by atoms with E-state index < -0.39 is 5.60 Å². The highest BCUT2D eigenvalue weighted by atomic mass is 16.3. The van der Waals surface area contributed by atoms with Gasteiger partial charge in [0, 0.05) is 18.8 Å². The Hall–Kier alpha value is -1.84. The number of likely N-dealkylation sites (N-methyl/N-ethyl adjacent to an activating group) is 1. The van der Waals surface area contributed by atoms with Gasteiger partial charge in [0.25, 0.3) is 0 Å². The van der Waals surface area contributed by atoms with Crippen molar-refractivity contribution in [3.05, 3.63) is 65.7 Å². The Labute approximate surface area is 127 Å². The van der Waals surface area contributed by atoms with Gasteiger partial charge < -0.3 is 15.7 Å². The Morgan fingerprint density at radius 2 is 1.67 bits per heavy atom. The van der Waals surface area contributed by atoms with Crippen molar-refractivity contribution in [2.24, 2.45) is 5.73 Å². The first-order valence-corrected chi connectivity index (χ1v) is 7.38. The number of hydrogen-bond acceptors (Lipinski definition) is 3. The zero-order chi connectivity index (χ0) is 15.3. The predicted molar refractivity (Wildman–Crippen MR) is 88.5 cm³/mol. The lowest BCUT2D eigenvalue weighted by Gasteiger charge is -2.34. The van der Waals surface area contributed by atoms with E-state index in [-0.39, 0.29) is 6.54 Å². The summed E-state index contributed by atoms with van der Waals surface area (Å²) in [5, 5.41) is 10.9. The summed E-state index contributed by atoms with van der Waals surface area (Å²) in [6.07, 6.45) is 0. The molecular weight excluding hydrogens is 260 g/mol. The average Bonchev–Trinajstić information content (AvgIpc) is 2.54. The molecule has 0 fully saturated rings. The van der Waals surface area contributed by atoms with Crippen molar-refractivity contribution in [2.45, 2.75) is 19.4 Å². The van der Waals surface area contributed by atoms with E-state index in [0.29, 0.717) is 6.54 Å². The highest BCUT2D eigenvalue weighted by Gasteiger charge is 2.29. The zero-order valence-electron chi connectivity index (χ0n) is 12.8. The standard InChI is InChI=1S/C18H24N2O/c1-3-20(17-11-9-15(2)10-12-17)14-18(21,13-19)16-7-5-4-6-8-16/h4-12,21H,3,13-14,19H2,1-2H3. The molecule has 1 atom stereocenters. The third kappa shape index (κ3) is 3.63. The summed E-state index contributed by atoms with van der Waals surface area (Å²) < 4.78 is 0. The second kappa shape index (κ2) is 6.74. The van der Waals surface area contributed by atoms with Gasteiger partial charge in [0.2, 0.25) is 0 Å². The molecule has 21 heavy (non-hydrogen) atoms. The SMILES string of the molecule is CCN(CC(O)(CN)c1ccccc1)c1ccc(C)cc1. The van der Waals surface area contributed by atoms with Crippen molar-refractivity contribution in [1.82, 2.24) is 0 Å². The van der Waals surface area contributed by atoms with E-state index in [9.17, 15) is 5.11 Å². The first kappa shape index (κ1) is 15.5. The van der Waals surface area contributed by atoms with Crippen molar-refractivity contribution in [3.8, 4) is 0 Å². The fourth-order valence-electron chi connectivity index (χ4n) is 2.48. The Kier molecular flexibility index (Phi) is 4.99. The van der Waals surface area contributed by atoms with Crippen LogP contribution in [0.15, 0.2) is 54.6 Å². The zero-order valence-corrected chi connectivity index (χ0v) is 12.8. The van der Waals surface area contributed by atoms with E-state index in [0.717, 1.165) is 17.8 Å². The Bertz CT molecular complexity index is 553. The van der Waals surface area contributed by atoms with E-state index in [1.54, 1.807) is 0 Å². The molecule has 0 aliphatic heterocycles. The number of benzene rings is 2. The highest BCUT2D eigenvalue weighted by molar-refractivity contribution is 5.48. The van der Waals surface area contributed by atoms with Gasteiger partial charge in [-0.1, -0.05) is 48.0 Å². The molecule has 3 heteroatoms. The number of rotatable bonds is 6. The fraction of sp³-hybridized carbons (Fsp3) is 0.333. The van der Waals surface area contributed by atoms with Crippen LogP contribution in [-0.4, -0.2) is 24.7 Å². The van der Waals surface area contributed by atoms with Crippen LogP contribution in [0.25, 0.3) is 0 Å². The number of aryl methyl sites for hydroxylation is 1. The van der Waals surface area contributed by atoms with Crippen LogP contribution in [0.5, 0.6) is 0 Å². The number of aliphatic hydroxyl groups is 1. The molecule has 0 aliphatic rings. The summed E-state index contributed by atoms with van der Waals surface area (Å²) in [6, 6.07) is 18.0. The first-order valence-electron chi connectivity index (χ1n) is 7.38. The second-order valence-corrected chi connectivity index (χ2v) is 5.45. The normalized spacial score (nSPS) is 13.7. The van der Waals surface area contributed by atoms with Gasteiger partial charge in [-0.05, 0) is 31.5 Å². The lowest BCUT2D eigenvalue weighted by molar-refractivity contribution is 0.0533. The summed E-state index contributed by atoms with van der Waals surface area (Å²) in [5.41, 5.74) is 8.02. The molecule has 0 heterocycles. The topological polar surface area (TPSA) is 49.5 Å². The van der Waals surface area contributed by atoms with Gasteiger partial charge in [-0.3, -0.25) is 0 Å². The Balaban J connectivity index is 2.25. The molecule has 0 saturated heterocycles. The number of nitrogens with two attached hydrogens (primary N) is 1. The summed E-state index contributed by atoms with van der Waals surface area (Å²) in [6.45, 7) is 5.65. The van der Waals surface area contributed by atoms with Gasteiger partial charge in [0.05, 0.1) is 6.54 Å². The average molecular weight is 284 g/mol. The number of nitrogens with zero attached hydrogens (tertiary/aromatic N) is 1. The van der Waals surface area contributed by atoms with Crippen LogP contribution in [0.3, 0.4) is 0 Å². The molecule has 3 nitrogen and oxygen atoms in total. The number of hydrogen-bond donors (Lipinski definition) is 2. The van der Waals surface area contributed by atoms with Gasteiger partial charge in [-0.2, -0.15) is 0 Å². The molecule has 1 unspecified atom stereocenters. The van der Waals surface area contributed by atoms with Crippen molar-refractivity contribution in [3.63, 3.8) is 0 Å². The van der Waals surface area contributed by atoms with E-state index in [2.05, 4.69) is 43.0 Å². The summed E-state index contributed by atoms with van der Waals surface area (Å²) in [7, 11) is 0. The smallest absolute Gasteiger partial charge is 0.119 e. The molecule has 0 bridgehead atoms. The van der Waals surface area contributed by atoms with E-state index in [1.807, 2.05) is 30.3 Å². The van der Waals surface area contributed by atoms with Crippen molar-refractivity contribution < 1.29 is 5.11 Å². The number of anilines is 1. The van der Waals surface area contributed by atoms with Gasteiger partial charge in [0.15, 0.2) is 0 Å². The third-order valence-electron chi connectivity index (χ3n) is 3.88. The lowest BCUT2D eigenvalue weighted by atomic mass is 9.93. The highest BCUT2D eigenvalue weighted by Crippen LogP contribution is 2.24. The molecule has 0 radical (unpaired) electrons. The molecule has 0 saturated carbocycles. The minimum Gasteiger partial charge on any atom is -0.382 e. The minimum atomic E-state index is -1.04. The lowest BCUT2D eigenvalue weighted by Crippen LogP contribution is -2.46. The summed E-state index contributed by atoms with van der Waals surface area (Å²) >= 11 is 0. The molecule has 2 aromatic carbocycles. The Morgan fingerprint density at radius 3 is 2.19 bits per heavy atom. The maximum Gasteiger partial charge on any atom is 0.119 e. The van der Waals surface area contributed by atoms with E-state index in [1.165, 1.54) is 5.56 Å². The molecule has 0 spiro atoms. The molecule has 3 N–H and O–H groups in total. The summed E-state index contributed by atoms with van der Waals surface area (Å²) in [4.78, 5) is 2.15. The molecule has 112 valence electrons. The van der Waals surface area contributed by atoms with Gasteiger partial charge in [-0.15, -0.1) is 0 Å². The van der Waals surface area contributed by atoms with Crippen LogP contribution >= 0.6 is 0 Å². The first-order chi connectivity index (χ1) is 10.1. The quantitative estimate of drug-likeness (QED) is 0.857. The molecule has 0 amide bonds. The largest absolute Gasteiger partial charge is 0.382 e.